The van der Waals surface area contributed by atoms with Gasteiger partial charge in [0.15, 0.2) is 12.1 Å². The van der Waals surface area contributed by atoms with E-state index in [0.29, 0.717) is 44.0 Å². The number of aliphatic hydroxyl groups is 1. The van der Waals surface area contributed by atoms with E-state index >= 15 is 0 Å². The highest BCUT2D eigenvalue weighted by Gasteiger charge is 2.37. The average molecular weight is 395 g/mol. The van der Waals surface area contributed by atoms with E-state index in [-0.39, 0.29) is 5.92 Å². The summed E-state index contributed by atoms with van der Waals surface area (Å²) in [6.07, 6.45) is -3.34. The quantitative estimate of drug-likeness (QED) is 0.866. The maximum absolute atomic E-state index is 13.3. The predicted molar refractivity (Wildman–Crippen MR) is 96.3 cm³/mol. The maximum atomic E-state index is 13.3. The number of halogens is 3. The predicted octanol–water partition coefficient (Wildman–Crippen LogP) is 2.61. The molecule has 1 aromatic carbocycles. The topological polar surface area (TPSA) is 57.4 Å². The number of nitrogens with zero attached hydrogens (tertiary/aromatic N) is 5. The van der Waals surface area contributed by atoms with Gasteiger partial charge in [0.1, 0.15) is 5.82 Å². The number of aliphatic hydroxyl groups excluding tert-OH is 1. The van der Waals surface area contributed by atoms with E-state index in [1.54, 1.807) is 12.1 Å². The third kappa shape index (κ3) is 3.66. The number of likely N-dealkylation sites (N-methyl/N-ethyl adjacent to an activating group) is 1. The molecule has 1 saturated heterocycles. The van der Waals surface area contributed by atoms with Gasteiger partial charge in [0.25, 0.3) is 0 Å². The Hall–Kier alpha value is -1.97. The number of piperidine rings is 1. The zero-order chi connectivity index (χ0) is 19.9. The highest BCUT2D eigenvalue weighted by molar-refractivity contribution is 5.33. The van der Waals surface area contributed by atoms with Crippen LogP contribution in [0.2, 0.25) is 0 Å². The van der Waals surface area contributed by atoms with Crippen LogP contribution in [-0.2, 0) is 19.3 Å². The van der Waals surface area contributed by atoms with Crippen LogP contribution < -0.4 is 0 Å². The molecule has 1 fully saturated rings. The Morgan fingerprint density at radius 2 is 1.82 bits per heavy atom. The van der Waals surface area contributed by atoms with E-state index in [4.69, 9.17) is 0 Å². The van der Waals surface area contributed by atoms with Crippen molar-refractivity contribution in [3.8, 4) is 0 Å². The minimum Gasteiger partial charge on any atom is -0.371 e. The first kappa shape index (κ1) is 19.4. The molecule has 0 saturated carbocycles. The van der Waals surface area contributed by atoms with Crippen molar-refractivity contribution in [3.63, 3.8) is 0 Å². The van der Waals surface area contributed by atoms with Gasteiger partial charge >= 0.3 is 6.18 Å². The summed E-state index contributed by atoms with van der Waals surface area (Å²) >= 11 is 0. The molecule has 1 aromatic heterocycles. The monoisotopic (exact) mass is 395 g/mol. The van der Waals surface area contributed by atoms with Crippen LogP contribution in [0.15, 0.2) is 24.3 Å². The molecule has 28 heavy (non-hydrogen) atoms. The third-order valence-corrected chi connectivity index (χ3v) is 5.77. The van der Waals surface area contributed by atoms with E-state index in [1.165, 1.54) is 6.07 Å². The highest BCUT2D eigenvalue weighted by Crippen LogP contribution is 2.39. The summed E-state index contributed by atoms with van der Waals surface area (Å²) in [6, 6.07) is 5.81. The van der Waals surface area contributed by atoms with Crippen LogP contribution in [0, 0.1) is 0 Å². The molecule has 2 aliphatic heterocycles. The van der Waals surface area contributed by atoms with E-state index in [0.717, 1.165) is 24.9 Å². The smallest absolute Gasteiger partial charge is 0.371 e. The summed E-state index contributed by atoms with van der Waals surface area (Å²) in [5.74, 6) is 1.21. The summed E-state index contributed by atoms with van der Waals surface area (Å²) in [5, 5.41) is 19.2. The Labute approximate surface area is 161 Å². The summed E-state index contributed by atoms with van der Waals surface area (Å²) in [4.78, 5) is 4.01. The molecule has 1 atom stereocenters. The van der Waals surface area contributed by atoms with Crippen molar-refractivity contribution >= 4 is 0 Å². The molecule has 3 heterocycles. The van der Waals surface area contributed by atoms with Crippen LogP contribution >= 0.6 is 0 Å². The fourth-order valence-corrected chi connectivity index (χ4v) is 4.21. The normalized spacial score (nSPS) is 20.9. The molecule has 0 amide bonds. The van der Waals surface area contributed by atoms with Gasteiger partial charge in [0.2, 0.25) is 0 Å². The highest BCUT2D eigenvalue weighted by atomic mass is 19.4. The van der Waals surface area contributed by atoms with Crippen molar-refractivity contribution in [2.75, 3.05) is 26.7 Å². The number of alkyl halides is 3. The van der Waals surface area contributed by atoms with Gasteiger partial charge < -0.3 is 5.11 Å². The number of aromatic nitrogens is 3. The molecule has 1 unspecified atom stereocenters. The molecule has 1 N–H and O–H groups in total. The fraction of sp³-hybridized carbons (Fsp3) is 0.579. The van der Waals surface area contributed by atoms with E-state index in [9.17, 15) is 18.3 Å². The van der Waals surface area contributed by atoms with Gasteiger partial charge in [-0.1, -0.05) is 18.2 Å². The van der Waals surface area contributed by atoms with Gasteiger partial charge in [-0.05, 0) is 37.4 Å². The third-order valence-electron chi connectivity index (χ3n) is 5.77. The molecule has 152 valence electrons. The lowest BCUT2D eigenvalue weighted by molar-refractivity contribution is -0.138. The molecule has 2 aromatic rings. The number of hydrogen-bond donors (Lipinski definition) is 1. The molecule has 6 nitrogen and oxygen atoms in total. The zero-order valence-corrected chi connectivity index (χ0v) is 15.7. The van der Waals surface area contributed by atoms with Gasteiger partial charge in [0.05, 0.1) is 12.2 Å². The minimum absolute atomic E-state index is 0.167. The van der Waals surface area contributed by atoms with Crippen molar-refractivity contribution in [3.05, 3.63) is 47.0 Å². The van der Waals surface area contributed by atoms with Crippen LogP contribution in [0.5, 0.6) is 0 Å². The van der Waals surface area contributed by atoms with E-state index in [2.05, 4.69) is 15.1 Å². The second kappa shape index (κ2) is 7.46. The summed E-state index contributed by atoms with van der Waals surface area (Å²) in [6.45, 7) is 2.55. The van der Waals surface area contributed by atoms with Gasteiger partial charge in [0, 0.05) is 26.1 Å². The van der Waals surface area contributed by atoms with Crippen molar-refractivity contribution in [2.45, 2.75) is 44.3 Å². The number of likely N-dealkylation sites (tertiary alicyclic amines) is 1. The van der Waals surface area contributed by atoms with Gasteiger partial charge in [-0.25, -0.2) is 0 Å². The van der Waals surface area contributed by atoms with Crippen LogP contribution in [-0.4, -0.2) is 56.4 Å². The molecule has 2 aliphatic rings. The molecule has 0 aliphatic carbocycles. The Morgan fingerprint density at radius 1 is 1.11 bits per heavy atom. The lowest BCUT2D eigenvalue weighted by Gasteiger charge is -2.36. The SMILES string of the molecule is CN1CCc2nnc(C(O)N3CCC(c4ccccc4C(F)(F)F)CC3)n2C1. The first-order valence-corrected chi connectivity index (χ1v) is 9.53. The molecule has 9 heteroatoms. The Balaban J connectivity index is 1.46. The van der Waals surface area contributed by atoms with E-state index in [1.807, 2.05) is 16.5 Å². The number of benzene rings is 1. The standard InChI is InChI=1S/C19H24F3N5O/c1-25-9-8-16-23-24-17(27(16)12-25)18(28)26-10-6-13(7-11-26)14-4-2-3-5-15(14)19(20,21)22/h2-5,13,18,28H,6-12H2,1H3. The van der Waals surface area contributed by atoms with Crippen molar-refractivity contribution in [1.82, 2.24) is 24.6 Å². The molecule has 0 spiro atoms. The molecule has 0 bridgehead atoms. The number of hydrogen-bond acceptors (Lipinski definition) is 5. The van der Waals surface area contributed by atoms with Crippen LogP contribution in [0.1, 0.15) is 47.8 Å². The lowest BCUT2D eigenvalue weighted by Crippen LogP contribution is -2.39. The van der Waals surface area contributed by atoms with Gasteiger partial charge in [-0.15, -0.1) is 10.2 Å². The van der Waals surface area contributed by atoms with Crippen LogP contribution in [0.25, 0.3) is 0 Å². The fourth-order valence-electron chi connectivity index (χ4n) is 4.21. The molecular formula is C19H24F3N5O. The van der Waals surface area contributed by atoms with Crippen molar-refractivity contribution in [1.29, 1.82) is 0 Å². The van der Waals surface area contributed by atoms with Crippen molar-refractivity contribution < 1.29 is 18.3 Å². The maximum Gasteiger partial charge on any atom is 0.416 e. The van der Waals surface area contributed by atoms with Gasteiger partial charge in [-0.2, -0.15) is 13.2 Å². The largest absolute Gasteiger partial charge is 0.416 e. The second-order valence-corrected chi connectivity index (χ2v) is 7.64. The first-order chi connectivity index (χ1) is 13.3. The van der Waals surface area contributed by atoms with Crippen molar-refractivity contribution in [2.24, 2.45) is 0 Å². The average Bonchev–Trinajstić information content (AvgIpc) is 3.10. The Morgan fingerprint density at radius 3 is 2.54 bits per heavy atom. The van der Waals surface area contributed by atoms with E-state index < -0.39 is 18.0 Å². The van der Waals surface area contributed by atoms with Gasteiger partial charge in [-0.3, -0.25) is 14.4 Å². The second-order valence-electron chi connectivity index (χ2n) is 7.64. The number of rotatable bonds is 3. The first-order valence-electron chi connectivity index (χ1n) is 9.53. The Kier molecular flexibility index (Phi) is 5.15. The molecule has 4 rings (SSSR count). The van der Waals surface area contributed by atoms with Crippen LogP contribution in [0.4, 0.5) is 13.2 Å². The summed E-state index contributed by atoms with van der Waals surface area (Å²) < 4.78 is 41.9. The minimum atomic E-state index is -4.35. The Bertz CT molecular complexity index is 829. The summed E-state index contributed by atoms with van der Waals surface area (Å²) in [5.41, 5.74) is -0.200. The molecular weight excluding hydrogens is 371 g/mol. The number of fused-ring (bicyclic) bond motifs is 1. The summed E-state index contributed by atoms with van der Waals surface area (Å²) in [7, 11) is 2.00. The lowest BCUT2D eigenvalue weighted by atomic mass is 9.86. The zero-order valence-electron chi connectivity index (χ0n) is 15.7. The van der Waals surface area contributed by atoms with Crippen LogP contribution in [0.3, 0.4) is 0 Å². The molecule has 0 radical (unpaired) electrons.